The molecule has 6 heteroatoms. The quantitative estimate of drug-likeness (QED) is 0.334. The number of hydrogen-bond donors (Lipinski definition) is 1. The Hall–Kier alpha value is -2.08. The molecule has 0 spiro atoms. The maximum Gasteiger partial charge on any atom is 0.193 e. The zero-order chi connectivity index (χ0) is 18.8. The van der Waals surface area contributed by atoms with Crippen molar-refractivity contribution >= 4 is 11.8 Å². The third kappa shape index (κ3) is 6.02. The van der Waals surface area contributed by atoms with Crippen LogP contribution in [0.3, 0.4) is 0 Å². The summed E-state index contributed by atoms with van der Waals surface area (Å²) in [5, 5.41) is 3.45. The number of nitrogens with zero attached hydrogens (tertiary/aromatic N) is 5. The van der Waals surface area contributed by atoms with Gasteiger partial charge in [-0.1, -0.05) is 13.0 Å². The van der Waals surface area contributed by atoms with Gasteiger partial charge in [0.05, 0.1) is 0 Å². The van der Waals surface area contributed by atoms with Gasteiger partial charge in [0.1, 0.15) is 5.82 Å². The van der Waals surface area contributed by atoms with Crippen LogP contribution < -0.4 is 10.2 Å². The highest BCUT2D eigenvalue weighted by Gasteiger charge is 2.17. The molecule has 0 amide bonds. The zero-order valence-electron chi connectivity index (χ0n) is 16.6. The summed E-state index contributed by atoms with van der Waals surface area (Å²) in [6, 6.07) is 4.27. The lowest BCUT2D eigenvalue weighted by Crippen LogP contribution is -2.46. The number of unbranched alkanes of at least 4 members (excludes halogenated alkanes) is 1. The van der Waals surface area contributed by atoms with E-state index in [0.717, 1.165) is 70.4 Å². The van der Waals surface area contributed by atoms with Crippen molar-refractivity contribution in [1.29, 1.82) is 0 Å². The minimum absolute atomic E-state index is 0.753. The summed E-state index contributed by atoms with van der Waals surface area (Å²) in [7, 11) is 3.90. The van der Waals surface area contributed by atoms with Crippen LogP contribution in [-0.2, 0) is 6.54 Å². The van der Waals surface area contributed by atoms with Crippen molar-refractivity contribution in [3.8, 4) is 0 Å². The molecule has 0 aliphatic carbocycles. The SMILES string of the molecule is C=CCCCN(C)C(=NC)NCc1ccnc(N2CCN(CC)CC2)c1. The summed E-state index contributed by atoms with van der Waals surface area (Å²) in [5.74, 6) is 2.00. The van der Waals surface area contributed by atoms with Gasteiger partial charge >= 0.3 is 0 Å². The fourth-order valence-corrected chi connectivity index (χ4v) is 3.18. The third-order valence-electron chi connectivity index (χ3n) is 4.88. The normalized spacial score (nSPS) is 15.8. The van der Waals surface area contributed by atoms with Crippen molar-refractivity contribution in [3.63, 3.8) is 0 Å². The van der Waals surface area contributed by atoms with E-state index in [0.29, 0.717) is 0 Å². The molecule has 0 unspecified atom stereocenters. The summed E-state index contributed by atoms with van der Waals surface area (Å²) < 4.78 is 0. The number of piperazine rings is 1. The minimum Gasteiger partial charge on any atom is -0.354 e. The predicted molar refractivity (Wildman–Crippen MR) is 111 cm³/mol. The van der Waals surface area contributed by atoms with Crippen LogP contribution in [0.5, 0.6) is 0 Å². The molecular formula is C20H34N6. The first-order valence-electron chi connectivity index (χ1n) is 9.62. The number of aliphatic imine (C=N–C) groups is 1. The van der Waals surface area contributed by atoms with Gasteiger partial charge in [0.2, 0.25) is 0 Å². The molecular weight excluding hydrogens is 324 g/mol. The number of hydrogen-bond acceptors (Lipinski definition) is 4. The lowest BCUT2D eigenvalue weighted by molar-refractivity contribution is 0.270. The molecule has 1 aliphatic rings. The van der Waals surface area contributed by atoms with Crippen LogP contribution in [0.25, 0.3) is 0 Å². The highest BCUT2D eigenvalue weighted by molar-refractivity contribution is 5.79. The van der Waals surface area contributed by atoms with E-state index in [1.54, 1.807) is 0 Å². The van der Waals surface area contributed by atoms with E-state index in [1.807, 2.05) is 19.3 Å². The first kappa shape index (κ1) is 20.2. The van der Waals surface area contributed by atoms with Crippen LogP contribution in [-0.4, -0.2) is 74.1 Å². The van der Waals surface area contributed by atoms with E-state index in [9.17, 15) is 0 Å². The maximum absolute atomic E-state index is 4.58. The molecule has 0 bridgehead atoms. The molecule has 1 N–H and O–H groups in total. The number of rotatable bonds is 8. The van der Waals surface area contributed by atoms with E-state index in [1.165, 1.54) is 5.56 Å². The number of anilines is 1. The van der Waals surface area contributed by atoms with Crippen molar-refractivity contribution in [2.24, 2.45) is 4.99 Å². The second kappa shape index (κ2) is 10.8. The van der Waals surface area contributed by atoms with Crippen LogP contribution >= 0.6 is 0 Å². The molecule has 26 heavy (non-hydrogen) atoms. The van der Waals surface area contributed by atoms with Crippen molar-refractivity contribution in [2.75, 3.05) is 58.3 Å². The second-order valence-corrected chi connectivity index (χ2v) is 6.70. The summed E-state index contributed by atoms with van der Waals surface area (Å²) >= 11 is 0. The summed E-state index contributed by atoms with van der Waals surface area (Å²) in [5.41, 5.74) is 1.23. The topological polar surface area (TPSA) is 47.0 Å². The maximum atomic E-state index is 4.58. The van der Waals surface area contributed by atoms with Gasteiger partial charge in [-0.25, -0.2) is 4.98 Å². The fraction of sp³-hybridized carbons (Fsp3) is 0.600. The van der Waals surface area contributed by atoms with Crippen LogP contribution in [0, 0.1) is 0 Å². The smallest absolute Gasteiger partial charge is 0.193 e. The van der Waals surface area contributed by atoms with Gasteiger partial charge in [-0.3, -0.25) is 4.99 Å². The summed E-state index contributed by atoms with van der Waals surface area (Å²) in [6.45, 7) is 13.2. The Morgan fingerprint density at radius 1 is 1.38 bits per heavy atom. The van der Waals surface area contributed by atoms with E-state index in [2.05, 4.69) is 62.7 Å². The molecule has 1 saturated heterocycles. The summed E-state index contributed by atoms with van der Waals surface area (Å²) in [4.78, 5) is 16.0. The number of likely N-dealkylation sites (N-methyl/N-ethyl adjacent to an activating group) is 1. The van der Waals surface area contributed by atoms with Gasteiger partial charge in [0.25, 0.3) is 0 Å². The standard InChI is InChI=1S/C20H34N6/c1-5-7-8-11-24(4)20(21-3)23-17-18-9-10-22-19(16-18)26-14-12-25(6-2)13-15-26/h5,9-10,16H,1,6-8,11-15,17H2,2-4H3,(H,21,23). The summed E-state index contributed by atoms with van der Waals surface area (Å²) in [6.07, 6.45) is 5.99. The molecule has 0 radical (unpaired) electrons. The molecule has 0 saturated carbocycles. The predicted octanol–water partition coefficient (Wildman–Crippen LogP) is 2.20. The van der Waals surface area contributed by atoms with Crippen molar-refractivity contribution < 1.29 is 0 Å². The lowest BCUT2D eigenvalue weighted by Gasteiger charge is -2.34. The first-order valence-corrected chi connectivity index (χ1v) is 9.62. The first-order chi connectivity index (χ1) is 12.7. The van der Waals surface area contributed by atoms with Crippen molar-refractivity contribution in [2.45, 2.75) is 26.3 Å². The van der Waals surface area contributed by atoms with E-state index in [4.69, 9.17) is 0 Å². The molecule has 1 fully saturated rings. The van der Waals surface area contributed by atoms with Gasteiger partial charge in [0.15, 0.2) is 5.96 Å². The molecule has 1 aromatic heterocycles. The Morgan fingerprint density at radius 2 is 2.15 bits per heavy atom. The van der Waals surface area contributed by atoms with Gasteiger partial charge in [-0.05, 0) is 37.1 Å². The average Bonchev–Trinajstić information content (AvgIpc) is 2.69. The molecule has 1 aliphatic heterocycles. The molecule has 0 aromatic carbocycles. The van der Waals surface area contributed by atoms with E-state index < -0.39 is 0 Å². The molecule has 0 atom stereocenters. The van der Waals surface area contributed by atoms with Crippen LogP contribution in [0.1, 0.15) is 25.3 Å². The number of aromatic nitrogens is 1. The fourth-order valence-electron chi connectivity index (χ4n) is 3.18. The van der Waals surface area contributed by atoms with Crippen molar-refractivity contribution in [1.82, 2.24) is 20.1 Å². The van der Waals surface area contributed by atoms with Crippen LogP contribution in [0.15, 0.2) is 36.0 Å². The minimum atomic E-state index is 0.753. The Bertz CT molecular complexity index is 577. The monoisotopic (exact) mass is 358 g/mol. The Labute approximate surface area is 158 Å². The lowest BCUT2D eigenvalue weighted by atomic mass is 10.2. The van der Waals surface area contributed by atoms with Crippen LogP contribution in [0.2, 0.25) is 0 Å². The largest absolute Gasteiger partial charge is 0.354 e. The molecule has 6 nitrogen and oxygen atoms in total. The van der Waals surface area contributed by atoms with Crippen LogP contribution in [0.4, 0.5) is 5.82 Å². The van der Waals surface area contributed by atoms with Gasteiger partial charge in [-0.15, -0.1) is 6.58 Å². The highest BCUT2D eigenvalue weighted by Crippen LogP contribution is 2.15. The van der Waals surface area contributed by atoms with E-state index >= 15 is 0 Å². The Kier molecular flexibility index (Phi) is 8.41. The highest BCUT2D eigenvalue weighted by atomic mass is 15.3. The van der Waals surface area contributed by atoms with Gasteiger partial charge < -0.3 is 20.0 Å². The molecule has 144 valence electrons. The van der Waals surface area contributed by atoms with Crippen molar-refractivity contribution in [3.05, 3.63) is 36.5 Å². The molecule has 1 aromatic rings. The third-order valence-corrected chi connectivity index (χ3v) is 4.88. The zero-order valence-corrected chi connectivity index (χ0v) is 16.6. The van der Waals surface area contributed by atoms with Gasteiger partial charge in [0, 0.05) is 59.6 Å². The van der Waals surface area contributed by atoms with Gasteiger partial charge in [-0.2, -0.15) is 0 Å². The number of allylic oxidation sites excluding steroid dienone is 1. The number of pyridine rings is 1. The Morgan fingerprint density at radius 3 is 2.81 bits per heavy atom. The second-order valence-electron chi connectivity index (χ2n) is 6.70. The number of guanidine groups is 1. The van der Waals surface area contributed by atoms with E-state index in [-0.39, 0.29) is 0 Å². The number of nitrogens with one attached hydrogen (secondary N) is 1. The average molecular weight is 359 g/mol. The Balaban J connectivity index is 1.88. The molecule has 2 heterocycles. The molecule has 2 rings (SSSR count).